The van der Waals surface area contributed by atoms with Crippen LogP contribution in [-0.4, -0.2) is 11.2 Å². The standard InChI is InChI=1S/C13H16FN3/c1-3-5-8-16-13(11(15)4-2)12-7-6-10(14)9-17-12/h3,5-9H,4,15H2,1-2H3/b5-3-,13-11-,16-8-. The fourth-order valence-electron chi connectivity index (χ4n) is 1.20. The van der Waals surface area contributed by atoms with Crippen LogP contribution in [0.4, 0.5) is 4.39 Å². The highest BCUT2D eigenvalue weighted by atomic mass is 19.1. The first-order valence-electron chi connectivity index (χ1n) is 5.45. The van der Waals surface area contributed by atoms with Crippen LogP contribution in [0.15, 0.2) is 41.2 Å². The van der Waals surface area contributed by atoms with E-state index >= 15 is 0 Å². The molecule has 1 aromatic rings. The zero-order valence-electron chi connectivity index (χ0n) is 10.0. The highest BCUT2D eigenvalue weighted by Crippen LogP contribution is 2.17. The van der Waals surface area contributed by atoms with Crippen molar-refractivity contribution in [3.8, 4) is 0 Å². The van der Waals surface area contributed by atoms with E-state index in [1.165, 1.54) is 6.07 Å². The summed E-state index contributed by atoms with van der Waals surface area (Å²) in [6.07, 6.45) is 7.13. The summed E-state index contributed by atoms with van der Waals surface area (Å²) < 4.78 is 12.8. The molecule has 3 nitrogen and oxygen atoms in total. The maximum absolute atomic E-state index is 12.8. The number of nitrogens with two attached hydrogens (primary N) is 1. The molecule has 1 rings (SSSR count). The molecule has 0 aliphatic heterocycles. The molecular weight excluding hydrogens is 217 g/mol. The Labute approximate surface area is 101 Å². The molecule has 0 amide bonds. The molecule has 90 valence electrons. The number of hydrogen-bond donors (Lipinski definition) is 1. The molecule has 0 aliphatic carbocycles. The second kappa shape index (κ2) is 6.58. The normalized spacial score (nSPS) is 13.4. The van der Waals surface area contributed by atoms with Gasteiger partial charge in [-0.15, -0.1) is 0 Å². The summed E-state index contributed by atoms with van der Waals surface area (Å²) in [5.74, 6) is -0.374. The van der Waals surface area contributed by atoms with Crippen LogP contribution in [0.1, 0.15) is 26.0 Å². The minimum Gasteiger partial charge on any atom is -0.400 e. The zero-order chi connectivity index (χ0) is 12.7. The Bertz CT molecular complexity index is 444. The van der Waals surface area contributed by atoms with Crippen molar-refractivity contribution in [3.05, 3.63) is 47.7 Å². The molecule has 0 fully saturated rings. The molecule has 0 unspecified atom stereocenters. The van der Waals surface area contributed by atoms with Crippen molar-refractivity contribution in [1.29, 1.82) is 0 Å². The van der Waals surface area contributed by atoms with E-state index in [1.807, 2.05) is 19.9 Å². The first-order valence-corrected chi connectivity index (χ1v) is 5.45. The largest absolute Gasteiger partial charge is 0.400 e. The highest BCUT2D eigenvalue weighted by Gasteiger charge is 2.05. The van der Waals surface area contributed by atoms with Crippen molar-refractivity contribution >= 4 is 11.9 Å². The molecule has 17 heavy (non-hydrogen) atoms. The molecule has 2 N–H and O–H groups in total. The van der Waals surface area contributed by atoms with Gasteiger partial charge < -0.3 is 5.73 Å². The van der Waals surface area contributed by atoms with E-state index in [0.717, 1.165) is 6.20 Å². The van der Waals surface area contributed by atoms with Gasteiger partial charge in [0, 0.05) is 11.9 Å². The molecule has 1 heterocycles. The third-order valence-corrected chi connectivity index (χ3v) is 2.14. The van der Waals surface area contributed by atoms with Crippen molar-refractivity contribution in [2.45, 2.75) is 20.3 Å². The van der Waals surface area contributed by atoms with Gasteiger partial charge in [0.05, 0.1) is 11.9 Å². The molecule has 0 bridgehead atoms. The molecule has 0 spiro atoms. The molecule has 0 aliphatic rings. The van der Waals surface area contributed by atoms with Gasteiger partial charge in [0.25, 0.3) is 0 Å². The fraction of sp³-hybridized carbons (Fsp3) is 0.231. The van der Waals surface area contributed by atoms with Crippen molar-refractivity contribution in [2.75, 3.05) is 0 Å². The van der Waals surface area contributed by atoms with E-state index in [0.29, 0.717) is 23.5 Å². The van der Waals surface area contributed by atoms with Gasteiger partial charge in [-0.25, -0.2) is 4.39 Å². The number of rotatable bonds is 4. The zero-order valence-corrected chi connectivity index (χ0v) is 10.0. The van der Waals surface area contributed by atoms with Crippen LogP contribution < -0.4 is 5.73 Å². The second-order valence-electron chi connectivity index (χ2n) is 3.39. The molecular formula is C13H16FN3. The van der Waals surface area contributed by atoms with Crippen molar-refractivity contribution in [1.82, 2.24) is 4.98 Å². The lowest BCUT2D eigenvalue weighted by Gasteiger charge is -2.05. The van der Waals surface area contributed by atoms with Gasteiger partial charge in [-0.2, -0.15) is 0 Å². The average molecular weight is 233 g/mol. The molecule has 4 heteroatoms. The van der Waals surface area contributed by atoms with E-state index in [1.54, 1.807) is 18.4 Å². The maximum Gasteiger partial charge on any atom is 0.141 e. The van der Waals surface area contributed by atoms with Crippen molar-refractivity contribution < 1.29 is 4.39 Å². The number of aromatic nitrogens is 1. The van der Waals surface area contributed by atoms with Crippen LogP contribution in [-0.2, 0) is 0 Å². The van der Waals surface area contributed by atoms with Crippen LogP contribution in [0.3, 0.4) is 0 Å². The summed E-state index contributed by atoms with van der Waals surface area (Å²) in [5.41, 5.74) is 7.67. The Morgan fingerprint density at radius 3 is 2.82 bits per heavy atom. The van der Waals surface area contributed by atoms with E-state index in [9.17, 15) is 4.39 Å². The Morgan fingerprint density at radius 2 is 2.29 bits per heavy atom. The van der Waals surface area contributed by atoms with E-state index in [4.69, 9.17) is 5.73 Å². The second-order valence-corrected chi connectivity index (χ2v) is 3.39. The first kappa shape index (κ1) is 13.1. The van der Waals surface area contributed by atoms with E-state index in [2.05, 4.69) is 9.98 Å². The van der Waals surface area contributed by atoms with E-state index < -0.39 is 0 Å². The molecule has 0 atom stereocenters. The van der Waals surface area contributed by atoms with Crippen molar-refractivity contribution in [3.63, 3.8) is 0 Å². The predicted molar refractivity (Wildman–Crippen MR) is 68.9 cm³/mol. The van der Waals surface area contributed by atoms with Crippen LogP contribution in [0.2, 0.25) is 0 Å². The molecule has 0 aromatic carbocycles. The Hall–Kier alpha value is -1.97. The van der Waals surface area contributed by atoms with Gasteiger partial charge in [0.15, 0.2) is 0 Å². The fourth-order valence-corrected chi connectivity index (χ4v) is 1.20. The predicted octanol–water partition coefficient (Wildman–Crippen LogP) is 2.90. The molecule has 0 saturated carbocycles. The summed E-state index contributed by atoms with van der Waals surface area (Å²) in [5, 5.41) is 0. The molecule has 1 aromatic heterocycles. The third kappa shape index (κ3) is 3.83. The van der Waals surface area contributed by atoms with Crippen LogP contribution >= 0.6 is 0 Å². The number of nitrogens with zero attached hydrogens (tertiary/aromatic N) is 2. The summed E-state index contributed by atoms with van der Waals surface area (Å²) in [4.78, 5) is 8.22. The maximum atomic E-state index is 12.8. The van der Waals surface area contributed by atoms with Gasteiger partial charge in [-0.1, -0.05) is 13.0 Å². The van der Waals surface area contributed by atoms with Crippen LogP contribution in [0, 0.1) is 5.82 Å². The summed E-state index contributed by atoms with van der Waals surface area (Å²) in [6, 6.07) is 2.91. The Kier molecular flexibility index (Phi) is 5.07. The summed E-state index contributed by atoms with van der Waals surface area (Å²) in [6.45, 7) is 3.83. The average Bonchev–Trinajstić information content (AvgIpc) is 2.35. The topological polar surface area (TPSA) is 51.3 Å². The molecule has 0 radical (unpaired) electrons. The van der Waals surface area contributed by atoms with Gasteiger partial charge in [0.1, 0.15) is 11.5 Å². The number of allylic oxidation sites excluding steroid dienone is 3. The lowest BCUT2D eigenvalue weighted by atomic mass is 10.2. The number of pyridine rings is 1. The lowest BCUT2D eigenvalue weighted by Crippen LogP contribution is -2.01. The summed E-state index contributed by atoms with van der Waals surface area (Å²) in [7, 11) is 0. The first-order chi connectivity index (χ1) is 8.19. The van der Waals surface area contributed by atoms with Gasteiger partial charge in [-0.3, -0.25) is 9.98 Å². The number of hydrogen-bond acceptors (Lipinski definition) is 3. The van der Waals surface area contributed by atoms with Gasteiger partial charge in [0.2, 0.25) is 0 Å². The highest BCUT2D eigenvalue weighted by molar-refractivity contribution is 5.79. The van der Waals surface area contributed by atoms with E-state index in [-0.39, 0.29) is 5.82 Å². The number of halogens is 1. The van der Waals surface area contributed by atoms with Crippen LogP contribution in [0.5, 0.6) is 0 Å². The minimum atomic E-state index is -0.374. The Morgan fingerprint density at radius 1 is 1.53 bits per heavy atom. The molecule has 0 saturated heterocycles. The lowest BCUT2D eigenvalue weighted by molar-refractivity contribution is 0.621. The monoisotopic (exact) mass is 233 g/mol. The SMILES string of the molecule is C\C=C/C=N\C(=C(/N)CC)c1ccc(F)cn1. The van der Waals surface area contributed by atoms with Gasteiger partial charge in [-0.05, 0) is 31.6 Å². The quantitative estimate of drug-likeness (QED) is 0.813. The summed E-state index contributed by atoms with van der Waals surface area (Å²) >= 11 is 0. The third-order valence-electron chi connectivity index (χ3n) is 2.14. The van der Waals surface area contributed by atoms with Crippen molar-refractivity contribution in [2.24, 2.45) is 10.7 Å². The minimum absolute atomic E-state index is 0.374. The smallest absolute Gasteiger partial charge is 0.141 e. The Balaban J connectivity index is 3.11. The van der Waals surface area contributed by atoms with Crippen LogP contribution in [0.25, 0.3) is 5.70 Å². The number of aliphatic imine (C=N–C) groups is 1. The van der Waals surface area contributed by atoms with Gasteiger partial charge >= 0.3 is 0 Å².